The molecule has 0 unspecified atom stereocenters. The van der Waals surface area contributed by atoms with E-state index in [4.69, 9.17) is 9.72 Å². The molecule has 35 heavy (non-hydrogen) atoms. The molecule has 6 nitrogen and oxygen atoms in total. The molecule has 0 atom stereocenters. The fraction of sp³-hybridized carbons (Fsp3) is 0.222. The zero-order chi connectivity index (χ0) is 23.9. The Morgan fingerprint density at radius 3 is 2.63 bits per heavy atom. The summed E-state index contributed by atoms with van der Waals surface area (Å²) in [6.45, 7) is 0. The quantitative estimate of drug-likeness (QED) is 0.217. The van der Waals surface area contributed by atoms with Crippen LogP contribution in [0.1, 0.15) is 32.1 Å². The number of nitrogens with zero attached hydrogens (tertiary/aromatic N) is 3. The largest absolute Gasteiger partial charge is 0.457 e. The third-order valence-corrected chi connectivity index (χ3v) is 7.33. The lowest BCUT2D eigenvalue weighted by Crippen LogP contribution is -2.23. The molecular weight excluding hydrogens is 522 g/mol. The molecule has 1 aliphatic rings. The highest BCUT2D eigenvalue weighted by atomic mass is 79.9. The van der Waals surface area contributed by atoms with Gasteiger partial charge in [0.15, 0.2) is 0 Å². The number of aromatic nitrogens is 3. The highest BCUT2D eigenvalue weighted by molar-refractivity contribution is 9.10. The number of ether oxygens (including phenoxy) is 1. The average Bonchev–Trinajstić information content (AvgIpc) is 2.90. The van der Waals surface area contributed by atoms with Crippen LogP contribution >= 0.6 is 27.9 Å². The van der Waals surface area contributed by atoms with E-state index in [1.807, 2.05) is 48.5 Å². The van der Waals surface area contributed by atoms with Crippen LogP contribution in [0.15, 0.2) is 88.6 Å². The Hall–Kier alpha value is -3.10. The van der Waals surface area contributed by atoms with E-state index >= 15 is 0 Å². The Kier molecular flexibility index (Phi) is 7.80. The molecule has 5 rings (SSSR count). The van der Waals surface area contributed by atoms with E-state index in [0.717, 1.165) is 26.3 Å². The van der Waals surface area contributed by atoms with Gasteiger partial charge in [-0.05, 0) is 83.2 Å². The SMILES string of the molecule is Brc1cc(Oc2ccncc2-c2ccnc(NC3CCCCC3)n2)ccc1NSc1ccccc1. The number of nitrogens with one attached hydrogen (secondary N) is 2. The summed E-state index contributed by atoms with van der Waals surface area (Å²) >= 11 is 5.22. The van der Waals surface area contributed by atoms with Crippen LogP contribution in [0.3, 0.4) is 0 Å². The molecule has 0 spiro atoms. The third kappa shape index (κ3) is 6.32. The standard InChI is InChI=1S/C27H26BrN5OS/c28-23-17-20(11-12-25(23)33-35-21-9-5-2-6-10-21)34-26-14-15-29-18-22(26)24-13-16-30-27(32-24)31-19-7-3-1-4-8-19/h2,5-6,9-19,33H,1,3-4,7-8H2,(H,30,31,32). The number of pyridine rings is 1. The van der Waals surface area contributed by atoms with Gasteiger partial charge in [0, 0.05) is 34.0 Å². The lowest BCUT2D eigenvalue weighted by Gasteiger charge is -2.22. The molecule has 2 aromatic carbocycles. The third-order valence-electron chi connectivity index (χ3n) is 5.84. The summed E-state index contributed by atoms with van der Waals surface area (Å²) in [6.07, 6.45) is 11.4. The molecule has 2 heterocycles. The predicted octanol–water partition coefficient (Wildman–Crippen LogP) is 7.96. The number of anilines is 2. The smallest absolute Gasteiger partial charge is 0.223 e. The van der Waals surface area contributed by atoms with Gasteiger partial charge in [0.05, 0.1) is 16.9 Å². The first kappa shape index (κ1) is 23.6. The Morgan fingerprint density at radius 1 is 0.943 bits per heavy atom. The van der Waals surface area contributed by atoms with Crippen LogP contribution in [0.5, 0.6) is 11.5 Å². The summed E-state index contributed by atoms with van der Waals surface area (Å²) in [6, 6.07) is 20.3. The first-order valence-corrected chi connectivity index (χ1v) is 13.3. The summed E-state index contributed by atoms with van der Waals surface area (Å²) in [5, 5.41) is 3.50. The molecule has 178 valence electrons. The first-order valence-electron chi connectivity index (χ1n) is 11.7. The number of halogens is 1. The van der Waals surface area contributed by atoms with Crippen LogP contribution in [0.25, 0.3) is 11.3 Å². The molecule has 0 amide bonds. The van der Waals surface area contributed by atoms with Gasteiger partial charge in [-0.3, -0.25) is 4.98 Å². The van der Waals surface area contributed by atoms with Gasteiger partial charge < -0.3 is 14.8 Å². The molecule has 0 bridgehead atoms. The van der Waals surface area contributed by atoms with Crippen molar-refractivity contribution in [2.75, 3.05) is 10.0 Å². The van der Waals surface area contributed by atoms with Crippen molar-refractivity contribution < 1.29 is 4.74 Å². The summed E-state index contributed by atoms with van der Waals surface area (Å²) < 4.78 is 10.6. The van der Waals surface area contributed by atoms with Crippen molar-refractivity contribution in [1.29, 1.82) is 0 Å². The number of rotatable bonds is 8. The Bertz CT molecular complexity index is 1270. The van der Waals surface area contributed by atoms with Gasteiger partial charge in [0.2, 0.25) is 5.95 Å². The van der Waals surface area contributed by atoms with E-state index in [1.54, 1.807) is 30.5 Å². The van der Waals surface area contributed by atoms with E-state index in [0.29, 0.717) is 23.5 Å². The second-order valence-electron chi connectivity index (χ2n) is 8.38. The van der Waals surface area contributed by atoms with E-state index in [2.05, 4.69) is 48.1 Å². The highest BCUT2D eigenvalue weighted by Crippen LogP contribution is 2.36. The maximum absolute atomic E-state index is 6.27. The minimum atomic E-state index is 0.438. The molecule has 2 N–H and O–H groups in total. The van der Waals surface area contributed by atoms with Crippen molar-refractivity contribution in [3.05, 3.63) is 83.7 Å². The van der Waals surface area contributed by atoms with Crippen LogP contribution in [0, 0.1) is 0 Å². The van der Waals surface area contributed by atoms with Crippen LogP contribution in [0.4, 0.5) is 11.6 Å². The first-order chi connectivity index (χ1) is 17.2. The minimum Gasteiger partial charge on any atom is -0.457 e. The predicted molar refractivity (Wildman–Crippen MR) is 146 cm³/mol. The van der Waals surface area contributed by atoms with Crippen molar-refractivity contribution in [2.24, 2.45) is 0 Å². The lowest BCUT2D eigenvalue weighted by atomic mass is 9.96. The van der Waals surface area contributed by atoms with Gasteiger partial charge in [-0.25, -0.2) is 9.97 Å². The molecular formula is C27H26BrN5OS. The molecule has 0 saturated heterocycles. The van der Waals surface area contributed by atoms with Crippen molar-refractivity contribution >= 4 is 39.5 Å². The van der Waals surface area contributed by atoms with Crippen LogP contribution in [-0.2, 0) is 0 Å². The van der Waals surface area contributed by atoms with Crippen molar-refractivity contribution in [3.63, 3.8) is 0 Å². The topological polar surface area (TPSA) is 72.0 Å². The number of hydrogen-bond donors (Lipinski definition) is 2. The van der Waals surface area contributed by atoms with Crippen LogP contribution in [-0.4, -0.2) is 21.0 Å². The van der Waals surface area contributed by atoms with E-state index in [9.17, 15) is 0 Å². The maximum Gasteiger partial charge on any atom is 0.223 e. The fourth-order valence-electron chi connectivity index (χ4n) is 4.04. The minimum absolute atomic E-state index is 0.438. The summed E-state index contributed by atoms with van der Waals surface area (Å²) in [5.41, 5.74) is 2.56. The summed E-state index contributed by atoms with van der Waals surface area (Å²) in [7, 11) is 0. The molecule has 2 aromatic heterocycles. The van der Waals surface area contributed by atoms with Crippen LogP contribution in [0.2, 0.25) is 0 Å². The highest BCUT2D eigenvalue weighted by Gasteiger charge is 2.16. The zero-order valence-corrected chi connectivity index (χ0v) is 21.6. The van der Waals surface area contributed by atoms with E-state index in [1.165, 1.54) is 32.1 Å². The zero-order valence-electron chi connectivity index (χ0n) is 19.2. The Balaban J connectivity index is 1.30. The summed E-state index contributed by atoms with van der Waals surface area (Å²) in [5.74, 6) is 2.06. The van der Waals surface area contributed by atoms with Crippen molar-refractivity contribution in [2.45, 2.75) is 43.0 Å². The van der Waals surface area contributed by atoms with Gasteiger partial charge in [-0.2, -0.15) is 0 Å². The second kappa shape index (κ2) is 11.6. The van der Waals surface area contributed by atoms with E-state index < -0.39 is 0 Å². The molecule has 0 aliphatic heterocycles. The van der Waals surface area contributed by atoms with Crippen molar-refractivity contribution in [3.8, 4) is 22.8 Å². The number of hydrogen-bond acceptors (Lipinski definition) is 7. The van der Waals surface area contributed by atoms with E-state index in [-0.39, 0.29) is 0 Å². The fourth-order valence-corrected chi connectivity index (χ4v) is 5.33. The van der Waals surface area contributed by atoms with Gasteiger partial charge >= 0.3 is 0 Å². The second-order valence-corrected chi connectivity index (χ2v) is 10.1. The number of benzene rings is 2. The maximum atomic E-state index is 6.27. The molecule has 1 saturated carbocycles. The lowest BCUT2D eigenvalue weighted by molar-refractivity contribution is 0.461. The van der Waals surface area contributed by atoms with Crippen LogP contribution < -0.4 is 14.8 Å². The molecule has 1 aliphatic carbocycles. The molecule has 8 heteroatoms. The van der Waals surface area contributed by atoms with Gasteiger partial charge in [0.25, 0.3) is 0 Å². The van der Waals surface area contributed by atoms with Gasteiger partial charge in [0.1, 0.15) is 11.5 Å². The Labute approximate surface area is 218 Å². The average molecular weight is 549 g/mol. The molecule has 4 aromatic rings. The molecule has 0 radical (unpaired) electrons. The Morgan fingerprint density at radius 2 is 1.80 bits per heavy atom. The summed E-state index contributed by atoms with van der Waals surface area (Å²) in [4.78, 5) is 14.6. The van der Waals surface area contributed by atoms with Gasteiger partial charge in [-0.1, -0.05) is 37.5 Å². The normalized spacial score (nSPS) is 13.9. The van der Waals surface area contributed by atoms with Crippen molar-refractivity contribution in [1.82, 2.24) is 15.0 Å². The van der Waals surface area contributed by atoms with Gasteiger partial charge in [-0.15, -0.1) is 0 Å². The molecule has 1 fully saturated rings. The monoisotopic (exact) mass is 547 g/mol.